The average Bonchev–Trinajstić information content (AvgIpc) is 2.42. The fraction of sp³-hybridized carbons (Fsp3) is 0.417. The Bertz CT molecular complexity index is 428. The van der Waals surface area contributed by atoms with E-state index in [2.05, 4.69) is 31.7 Å². The van der Waals surface area contributed by atoms with Gasteiger partial charge >= 0.3 is 0 Å². The van der Waals surface area contributed by atoms with Gasteiger partial charge in [0.25, 0.3) is 0 Å². The number of ether oxygens (including phenoxy) is 1. The standard InChI is InChI=1S/C12H18BrClN4O/c1-2-19-8-4-7-16-12(18-15)17-10-6-3-5-9(14)11(10)13/h3,5-6H,2,4,7-8,15H2,1H3,(H2,16,17,18). The number of anilines is 1. The second-order valence-electron chi connectivity index (χ2n) is 3.65. The molecule has 0 aromatic heterocycles. The normalized spacial score (nSPS) is 11.5. The van der Waals surface area contributed by atoms with Crippen molar-refractivity contribution in [3.05, 3.63) is 27.7 Å². The third-order valence-corrected chi connectivity index (χ3v) is 3.66. The third-order valence-electron chi connectivity index (χ3n) is 2.26. The molecule has 0 bridgehead atoms. The fourth-order valence-corrected chi connectivity index (χ4v) is 1.89. The van der Waals surface area contributed by atoms with Gasteiger partial charge in [-0.2, -0.15) is 0 Å². The molecule has 4 N–H and O–H groups in total. The van der Waals surface area contributed by atoms with E-state index in [0.717, 1.165) is 23.2 Å². The summed E-state index contributed by atoms with van der Waals surface area (Å²) in [7, 11) is 0. The number of hydrogen-bond donors (Lipinski definition) is 3. The van der Waals surface area contributed by atoms with Crippen molar-refractivity contribution >= 4 is 39.2 Å². The predicted octanol–water partition coefficient (Wildman–Crippen LogP) is 2.76. The highest BCUT2D eigenvalue weighted by Gasteiger charge is 2.05. The fourth-order valence-electron chi connectivity index (χ4n) is 1.35. The highest BCUT2D eigenvalue weighted by atomic mass is 79.9. The molecule has 19 heavy (non-hydrogen) atoms. The maximum Gasteiger partial charge on any atom is 0.210 e. The molecule has 0 radical (unpaired) electrons. The van der Waals surface area contributed by atoms with E-state index in [1.165, 1.54) is 0 Å². The Hall–Kier alpha value is -0.820. The first-order valence-electron chi connectivity index (χ1n) is 5.98. The van der Waals surface area contributed by atoms with Gasteiger partial charge < -0.3 is 10.1 Å². The highest BCUT2D eigenvalue weighted by molar-refractivity contribution is 9.10. The lowest BCUT2D eigenvalue weighted by molar-refractivity contribution is 0.146. The number of guanidine groups is 1. The van der Waals surface area contributed by atoms with Crippen molar-refractivity contribution < 1.29 is 4.74 Å². The monoisotopic (exact) mass is 348 g/mol. The summed E-state index contributed by atoms with van der Waals surface area (Å²) >= 11 is 9.41. The molecule has 0 saturated carbocycles. The second kappa shape index (κ2) is 9.14. The molecule has 0 fully saturated rings. The van der Waals surface area contributed by atoms with Crippen molar-refractivity contribution in [2.75, 3.05) is 25.1 Å². The van der Waals surface area contributed by atoms with Gasteiger partial charge in [-0.1, -0.05) is 17.7 Å². The number of nitrogens with one attached hydrogen (secondary N) is 2. The lowest BCUT2D eigenvalue weighted by atomic mass is 10.3. The van der Waals surface area contributed by atoms with Crippen LogP contribution in [0.5, 0.6) is 0 Å². The van der Waals surface area contributed by atoms with Crippen molar-refractivity contribution in [1.29, 1.82) is 0 Å². The summed E-state index contributed by atoms with van der Waals surface area (Å²) in [5.74, 6) is 5.91. The maximum atomic E-state index is 6.01. The van der Waals surface area contributed by atoms with E-state index in [1.807, 2.05) is 19.1 Å². The zero-order chi connectivity index (χ0) is 14.1. The van der Waals surface area contributed by atoms with Gasteiger partial charge in [-0.25, -0.2) is 5.84 Å². The lowest BCUT2D eigenvalue weighted by Crippen LogP contribution is -2.36. The first-order chi connectivity index (χ1) is 9.19. The molecule has 0 aliphatic rings. The van der Waals surface area contributed by atoms with Crippen molar-refractivity contribution in [2.24, 2.45) is 10.8 Å². The van der Waals surface area contributed by atoms with Gasteiger partial charge in [-0.15, -0.1) is 0 Å². The van der Waals surface area contributed by atoms with E-state index in [-0.39, 0.29) is 0 Å². The third kappa shape index (κ3) is 5.78. The first kappa shape index (κ1) is 16.2. The molecule has 0 unspecified atom stereocenters. The topological polar surface area (TPSA) is 71.7 Å². The largest absolute Gasteiger partial charge is 0.382 e. The molecule has 0 aliphatic carbocycles. The molecule has 1 aromatic rings. The van der Waals surface area contributed by atoms with Crippen molar-refractivity contribution in [2.45, 2.75) is 13.3 Å². The van der Waals surface area contributed by atoms with Crippen LogP contribution in [0.3, 0.4) is 0 Å². The molecule has 0 spiro atoms. The SMILES string of the molecule is CCOCCCN=C(NN)Nc1cccc(Cl)c1Br. The van der Waals surface area contributed by atoms with Crippen LogP contribution in [0.4, 0.5) is 5.69 Å². The van der Waals surface area contributed by atoms with E-state index in [1.54, 1.807) is 6.07 Å². The minimum Gasteiger partial charge on any atom is -0.382 e. The molecule has 0 amide bonds. The van der Waals surface area contributed by atoms with Gasteiger partial charge in [0.05, 0.1) is 15.2 Å². The molecule has 1 rings (SSSR count). The Balaban J connectivity index is 2.56. The van der Waals surface area contributed by atoms with Crippen molar-refractivity contribution in [3.63, 3.8) is 0 Å². The Labute approximate surface area is 126 Å². The average molecular weight is 350 g/mol. The van der Waals surface area contributed by atoms with Crippen LogP contribution in [-0.2, 0) is 4.74 Å². The van der Waals surface area contributed by atoms with Gasteiger partial charge in [0, 0.05) is 19.8 Å². The Morgan fingerprint density at radius 1 is 1.53 bits per heavy atom. The summed E-state index contributed by atoms with van der Waals surface area (Å²) in [5, 5.41) is 3.69. The zero-order valence-corrected chi connectivity index (χ0v) is 13.1. The van der Waals surface area contributed by atoms with Gasteiger partial charge in [-0.05, 0) is 41.4 Å². The Morgan fingerprint density at radius 3 is 3.00 bits per heavy atom. The number of aliphatic imine (C=N–C) groups is 1. The van der Waals surface area contributed by atoms with Crippen LogP contribution in [0.25, 0.3) is 0 Å². The van der Waals surface area contributed by atoms with Gasteiger partial charge in [-0.3, -0.25) is 10.4 Å². The number of hydrogen-bond acceptors (Lipinski definition) is 3. The number of benzene rings is 1. The zero-order valence-electron chi connectivity index (χ0n) is 10.7. The molecule has 0 heterocycles. The van der Waals surface area contributed by atoms with Gasteiger partial charge in [0.15, 0.2) is 0 Å². The van der Waals surface area contributed by atoms with E-state index in [0.29, 0.717) is 24.1 Å². The maximum absolute atomic E-state index is 6.01. The smallest absolute Gasteiger partial charge is 0.210 e. The Kier molecular flexibility index (Phi) is 7.81. The molecule has 5 nitrogen and oxygen atoms in total. The van der Waals surface area contributed by atoms with Crippen molar-refractivity contribution in [1.82, 2.24) is 5.43 Å². The minimum absolute atomic E-state index is 0.486. The number of hydrazine groups is 1. The summed E-state index contributed by atoms with van der Waals surface area (Å²) < 4.78 is 6.01. The second-order valence-corrected chi connectivity index (χ2v) is 4.85. The molecular weight excluding hydrogens is 332 g/mol. The van der Waals surface area contributed by atoms with E-state index >= 15 is 0 Å². The van der Waals surface area contributed by atoms with Gasteiger partial charge in [0.1, 0.15) is 0 Å². The summed E-state index contributed by atoms with van der Waals surface area (Å²) in [4.78, 5) is 4.31. The molecule has 106 valence electrons. The summed E-state index contributed by atoms with van der Waals surface area (Å²) in [5.41, 5.74) is 3.32. The predicted molar refractivity (Wildman–Crippen MR) is 83.5 cm³/mol. The Morgan fingerprint density at radius 2 is 2.32 bits per heavy atom. The highest BCUT2D eigenvalue weighted by Crippen LogP contribution is 2.29. The molecule has 0 aliphatic heterocycles. The molecule has 0 atom stereocenters. The molecular formula is C12H18BrClN4O. The van der Waals surface area contributed by atoms with Gasteiger partial charge in [0.2, 0.25) is 5.96 Å². The first-order valence-corrected chi connectivity index (χ1v) is 7.16. The van der Waals surface area contributed by atoms with Crippen LogP contribution in [0, 0.1) is 0 Å². The quantitative estimate of drug-likeness (QED) is 0.243. The van der Waals surface area contributed by atoms with Crippen LogP contribution in [0.2, 0.25) is 5.02 Å². The van der Waals surface area contributed by atoms with Crippen molar-refractivity contribution in [3.8, 4) is 0 Å². The molecule has 0 saturated heterocycles. The number of halogens is 2. The van der Waals surface area contributed by atoms with E-state index < -0.39 is 0 Å². The summed E-state index contributed by atoms with van der Waals surface area (Å²) in [6.07, 6.45) is 0.845. The van der Waals surface area contributed by atoms with Crippen LogP contribution in [0.1, 0.15) is 13.3 Å². The molecule has 7 heteroatoms. The van der Waals surface area contributed by atoms with Crippen LogP contribution < -0.4 is 16.6 Å². The molecule has 1 aromatic carbocycles. The van der Waals surface area contributed by atoms with Crippen LogP contribution in [-0.4, -0.2) is 25.7 Å². The summed E-state index contributed by atoms with van der Waals surface area (Å²) in [6.45, 7) is 4.01. The number of nitrogens with two attached hydrogens (primary N) is 1. The van der Waals surface area contributed by atoms with E-state index in [4.69, 9.17) is 22.2 Å². The van der Waals surface area contributed by atoms with Crippen LogP contribution >= 0.6 is 27.5 Å². The minimum atomic E-state index is 0.486. The number of nitrogens with zero attached hydrogens (tertiary/aromatic N) is 1. The number of rotatable bonds is 6. The summed E-state index contributed by atoms with van der Waals surface area (Å²) in [6, 6.07) is 5.52. The van der Waals surface area contributed by atoms with Crippen LogP contribution in [0.15, 0.2) is 27.7 Å². The van der Waals surface area contributed by atoms with E-state index in [9.17, 15) is 0 Å². The lowest BCUT2D eigenvalue weighted by Gasteiger charge is -2.11.